The average Bonchev–Trinajstić information content (AvgIpc) is 2.48. The minimum atomic E-state index is 0.561. The molecule has 1 aromatic carbocycles. The lowest BCUT2D eigenvalue weighted by Gasteiger charge is -2.05. The van der Waals surface area contributed by atoms with Crippen LogP contribution in [0.1, 0.15) is 23.1 Å². The maximum atomic E-state index is 8.80. The minimum absolute atomic E-state index is 0.561. The lowest BCUT2D eigenvalue weighted by molar-refractivity contribution is 0.118. The molecule has 0 saturated carbocycles. The molecule has 1 heterocycles. The third-order valence-electron chi connectivity index (χ3n) is 2.83. The van der Waals surface area contributed by atoms with Crippen LogP contribution in [0.25, 0.3) is 0 Å². The predicted molar refractivity (Wildman–Crippen MR) is 73.4 cm³/mol. The largest absolute Gasteiger partial charge is 0.377 e. The van der Waals surface area contributed by atoms with E-state index in [1.165, 1.54) is 5.56 Å². The summed E-state index contributed by atoms with van der Waals surface area (Å²) in [4.78, 5) is 3.99. The quantitative estimate of drug-likeness (QED) is 0.742. The molecule has 96 valence electrons. The number of hydrogen-bond donors (Lipinski definition) is 0. The van der Waals surface area contributed by atoms with Gasteiger partial charge in [-0.25, -0.2) is 0 Å². The van der Waals surface area contributed by atoms with E-state index >= 15 is 0 Å². The summed E-state index contributed by atoms with van der Waals surface area (Å²) in [6.45, 7) is 1.28. The van der Waals surface area contributed by atoms with E-state index in [0.29, 0.717) is 12.2 Å². The maximum Gasteiger partial charge on any atom is 0.0991 e. The first kappa shape index (κ1) is 13.3. The molecule has 2 rings (SSSR count). The summed E-state index contributed by atoms with van der Waals surface area (Å²) in [7, 11) is 0. The topological polar surface area (TPSA) is 45.9 Å². The van der Waals surface area contributed by atoms with Gasteiger partial charge in [0.05, 0.1) is 18.2 Å². The molecular weight excluding hydrogens is 236 g/mol. The molecule has 0 atom stereocenters. The first-order valence-corrected chi connectivity index (χ1v) is 6.34. The van der Waals surface area contributed by atoms with E-state index in [4.69, 9.17) is 10.00 Å². The molecule has 0 aliphatic rings. The van der Waals surface area contributed by atoms with Crippen molar-refractivity contribution in [2.24, 2.45) is 0 Å². The summed E-state index contributed by atoms with van der Waals surface area (Å²) in [5.74, 6) is 0. The fraction of sp³-hybridized carbons (Fsp3) is 0.250. The standard InChI is InChI=1S/C16H16N2O/c17-12-15-3-1-4-16(11-15)13-19-10-2-5-14-6-8-18-9-7-14/h1,3-4,6-9,11H,2,5,10,13H2. The van der Waals surface area contributed by atoms with Crippen LogP contribution < -0.4 is 0 Å². The van der Waals surface area contributed by atoms with Crippen molar-refractivity contribution in [2.75, 3.05) is 6.61 Å². The summed E-state index contributed by atoms with van der Waals surface area (Å²) < 4.78 is 5.62. The Balaban J connectivity index is 1.68. The molecule has 0 aliphatic heterocycles. The normalized spacial score (nSPS) is 10.1. The molecule has 0 aliphatic carbocycles. The number of nitriles is 1. The fourth-order valence-corrected chi connectivity index (χ4v) is 1.85. The molecule has 0 amide bonds. The zero-order valence-electron chi connectivity index (χ0n) is 10.7. The van der Waals surface area contributed by atoms with Gasteiger partial charge >= 0.3 is 0 Å². The Bertz CT molecular complexity index is 546. The van der Waals surface area contributed by atoms with Gasteiger partial charge in [-0.3, -0.25) is 4.98 Å². The number of benzene rings is 1. The van der Waals surface area contributed by atoms with Crippen LogP contribution in [0.3, 0.4) is 0 Å². The number of pyridine rings is 1. The molecule has 0 saturated heterocycles. The van der Waals surface area contributed by atoms with Crippen LogP contribution in [0.4, 0.5) is 0 Å². The highest BCUT2D eigenvalue weighted by Crippen LogP contribution is 2.06. The smallest absolute Gasteiger partial charge is 0.0991 e. The van der Waals surface area contributed by atoms with Crippen molar-refractivity contribution >= 4 is 0 Å². The summed E-state index contributed by atoms with van der Waals surface area (Å²) in [5.41, 5.74) is 3.01. The fourth-order valence-electron chi connectivity index (χ4n) is 1.85. The average molecular weight is 252 g/mol. The molecule has 0 radical (unpaired) electrons. The van der Waals surface area contributed by atoms with Gasteiger partial charge in [0.1, 0.15) is 0 Å². The van der Waals surface area contributed by atoms with Crippen LogP contribution in [0, 0.1) is 11.3 Å². The lowest BCUT2D eigenvalue weighted by Crippen LogP contribution is -1.98. The molecule has 0 fully saturated rings. The molecule has 19 heavy (non-hydrogen) atoms. The van der Waals surface area contributed by atoms with Crippen LogP contribution in [0.5, 0.6) is 0 Å². The van der Waals surface area contributed by atoms with E-state index < -0.39 is 0 Å². The van der Waals surface area contributed by atoms with Gasteiger partial charge in [0.15, 0.2) is 0 Å². The van der Waals surface area contributed by atoms with Crippen molar-refractivity contribution in [3.63, 3.8) is 0 Å². The van der Waals surface area contributed by atoms with E-state index in [1.807, 2.05) is 42.7 Å². The van der Waals surface area contributed by atoms with Crippen molar-refractivity contribution in [2.45, 2.75) is 19.4 Å². The van der Waals surface area contributed by atoms with Crippen molar-refractivity contribution in [3.05, 3.63) is 65.5 Å². The Morgan fingerprint density at radius 2 is 1.95 bits per heavy atom. The van der Waals surface area contributed by atoms with Crippen molar-refractivity contribution in [3.8, 4) is 6.07 Å². The van der Waals surface area contributed by atoms with Gasteiger partial charge < -0.3 is 4.74 Å². The number of aryl methyl sites for hydroxylation is 1. The highest BCUT2D eigenvalue weighted by atomic mass is 16.5. The van der Waals surface area contributed by atoms with Gasteiger partial charge in [-0.05, 0) is 48.2 Å². The van der Waals surface area contributed by atoms with Crippen LogP contribution in [0.2, 0.25) is 0 Å². The van der Waals surface area contributed by atoms with Gasteiger partial charge in [-0.15, -0.1) is 0 Å². The Hall–Kier alpha value is -2.18. The third kappa shape index (κ3) is 4.53. The molecule has 1 aromatic heterocycles. The summed E-state index contributed by atoms with van der Waals surface area (Å²) in [5, 5.41) is 8.80. The van der Waals surface area contributed by atoms with Crippen molar-refractivity contribution in [1.82, 2.24) is 4.98 Å². The highest BCUT2D eigenvalue weighted by Gasteiger charge is 1.96. The Morgan fingerprint density at radius 1 is 1.11 bits per heavy atom. The second-order valence-corrected chi connectivity index (χ2v) is 4.32. The highest BCUT2D eigenvalue weighted by molar-refractivity contribution is 5.32. The van der Waals surface area contributed by atoms with Gasteiger partial charge in [0.2, 0.25) is 0 Å². The molecule has 3 heteroatoms. The van der Waals surface area contributed by atoms with E-state index in [2.05, 4.69) is 11.1 Å². The monoisotopic (exact) mass is 252 g/mol. The molecule has 0 bridgehead atoms. The molecule has 0 unspecified atom stereocenters. The number of rotatable bonds is 6. The van der Waals surface area contributed by atoms with Crippen molar-refractivity contribution < 1.29 is 4.74 Å². The van der Waals surface area contributed by atoms with Crippen LogP contribution >= 0.6 is 0 Å². The SMILES string of the molecule is N#Cc1cccc(COCCCc2ccncc2)c1. The number of nitrogens with zero attached hydrogens (tertiary/aromatic N) is 2. The maximum absolute atomic E-state index is 8.80. The number of hydrogen-bond acceptors (Lipinski definition) is 3. The number of aromatic nitrogens is 1. The Labute approximate surface area is 113 Å². The van der Waals surface area contributed by atoms with Gasteiger partial charge in [0, 0.05) is 19.0 Å². The lowest BCUT2D eigenvalue weighted by atomic mass is 10.1. The van der Waals surface area contributed by atoms with Crippen molar-refractivity contribution in [1.29, 1.82) is 5.26 Å². The van der Waals surface area contributed by atoms with Crippen LogP contribution in [-0.2, 0) is 17.8 Å². The van der Waals surface area contributed by atoms with Gasteiger partial charge in [-0.1, -0.05) is 12.1 Å². The van der Waals surface area contributed by atoms with Crippen LogP contribution in [-0.4, -0.2) is 11.6 Å². The van der Waals surface area contributed by atoms with E-state index in [0.717, 1.165) is 25.0 Å². The van der Waals surface area contributed by atoms with Crippen LogP contribution in [0.15, 0.2) is 48.8 Å². The van der Waals surface area contributed by atoms with E-state index in [9.17, 15) is 0 Å². The first-order valence-electron chi connectivity index (χ1n) is 6.34. The molecule has 3 nitrogen and oxygen atoms in total. The summed E-state index contributed by atoms with van der Waals surface area (Å²) in [6, 6.07) is 13.7. The zero-order valence-corrected chi connectivity index (χ0v) is 10.7. The van der Waals surface area contributed by atoms with E-state index in [1.54, 1.807) is 6.07 Å². The zero-order chi connectivity index (χ0) is 13.3. The van der Waals surface area contributed by atoms with Gasteiger partial charge in [-0.2, -0.15) is 5.26 Å². The third-order valence-corrected chi connectivity index (χ3v) is 2.83. The second kappa shape index (κ2) is 7.30. The first-order chi connectivity index (χ1) is 9.38. The summed E-state index contributed by atoms with van der Waals surface area (Å²) >= 11 is 0. The second-order valence-electron chi connectivity index (χ2n) is 4.32. The minimum Gasteiger partial charge on any atom is -0.377 e. The molecular formula is C16H16N2O. The Morgan fingerprint density at radius 3 is 2.74 bits per heavy atom. The predicted octanol–water partition coefficient (Wildman–Crippen LogP) is 3.10. The molecule has 2 aromatic rings. The van der Waals surface area contributed by atoms with Gasteiger partial charge in [0.25, 0.3) is 0 Å². The number of ether oxygens (including phenoxy) is 1. The molecule has 0 spiro atoms. The molecule has 0 N–H and O–H groups in total. The summed E-state index contributed by atoms with van der Waals surface area (Å²) in [6.07, 6.45) is 5.61. The Kier molecular flexibility index (Phi) is 5.09. The van der Waals surface area contributed by atoms with E-state index in [-0.39, 0.29) is 0 Å².